The molecule has 1 aromatic carbocycles. The van der Waals surface area contributed by atoms with Crippen LogP contribution in [-0.2, 0) is 0 Å². The minimum atomic E-state index is -0.451. The lowest BCUT2D eigenvalue weighted by molar-refractivity contribution is 0.101. The lowest BCUT2D eigenvalue weighted by Crippen LogP contribution is -2.10. The van der Waals surface area contributed by atoms with Crippen molar-refractivity contribution in [3.63, 3.8) is 0 Å². The molecule has 0 amide bonds. The minimum Gasteiger partial charge on any atom is -0.292 e. The molecule has 1 atom stereocenters. The molecule has 0 radical (unpaired) electrons. The van der Waals surface area contributed by atoms with Gasteiger partial charge in [0.05, 0.1) is 0 Å². The molecular formula is C10H11ClOS. The Morgan fingerprint density at radius 2 is 2.08 bits per heavy atom. The van der Waals surface area contributed by atoms with Crippen molar-refractivity contribution in [3.05, 3.63) is 35.9 Å². The van der Waals surface area contributed by atoms with Crippen molar-refractivity contribution in [2.75, 3.05) is 5.75 Å². The van der Waals surface area contributed by atoms with Crippen molar-refractivity contribution in [3.8, 4) is 0 Å². The molecule has 0 bridgehead atoms. The third-order valence-electron chi connectivity index (χ3n) is 1.58. The van der Waals surface area contributed by atoms with Crippen LogP contribution in [0.3, 0.4) is 0 Å². The van der Waals surface area contributed by atoms with E-state index in [-0.39, 0.29) is 5.78 Å². The Bertz CT molecular complexity index is 274. The number of carbonyl (C=O) groups is 1. The van der Waals surface area contributed by atoms with Crippen molar-refractivity contribution in [1.82, 2.24) is 0 Å². The minimum absolute atomic E-state index is 0.00545. The van der Waals surface area contributed by atoms with Crippen molar-refractivity contribution in [2.45, 2.75) is 11.6 Å². The van der Waals surface area contributed by atoms with E-state index in [2.05, 4.69) is 0 Å². The smallest absolute Gasteiger partial charge is 0.190 e. The van der Waals surface area contributed by atoms with Crippen LogP contribution in [0, 0.1) is 0 Å². The van der Waals surface area contributed by atoms with Crippen LogP contribution in [0.25, 0.3) is 0 Å². The first kappa shape index (κ1) is 10.6. The van der Waals surface area contributed by atoms with Gasteiger partial charge in [0, 0.05) is 5.56 Å². The highest BCUT2D eigenvalue weighted by atomic mass is 35.5. The number of thioether (sulfide) groups is 1. The molecule has 0 N–H and O–H groups in total. The van der Waals surface area contributed by atoms with E-state index in [1.807, 2.05) is 25.1 Å². The molecular weight excluding hydrogens is 204 g/mol. The summed E-state index contributed by atoms with van der Waals surface area (Å²) in [6.07, 6.45) is 0. The standard InChI is InChI=1S/C10H11ClOS/c1-2-13-10(11)9(12)8-6-4-3-5-7-8/h3-7,10H,2H2,1H3/t10-/m0/s1. The van der Waals surface area contributed by atoms with Gasteiger partial charge in [-0.3, -0.25) is 4.79 Å². The van der Waals surface area contributed by atoms with Crippen LogP contribution in [0.2, 0.25) is 0 Å². The maximum atomic E-state index is 11.6. The van der Waals surface area contributed by atoms with E-state index in [1.165, 1.54) is 11.8 Å². The second kappa shape index (κ2) is 5.30. The highest BCUT2D eigenvalue weighted by Gasteiger charge is 2.15. The van der Waals surface area contributed by atoms with E-state index in [0.29, 0.717) is 5.56 Å². The summed E-state index contributed by atoms with van der Waals surface area (Å²) < 4.78 is -0.451. The van der Waals surface area contributed by atoms with Gasteiger partial charge in [-0.15, -0.1) is 23.4 Å². The first-order chi connectivity index (χ1) is 6.25. The quantitative estimate of drug-likeness (QED) is 0.566. The third kappa shape index (κ3) is 3.05. The molecule has 0 aromatic heterocycles. The Balaban J connectivity index is 2.68. The fourth-order valence-corrected chi connectivity index (χ4v) is 2.04. The number of hydrogen-bond acceptors (Lipinski definition) is 2. The fraction of sp³-hybridized carbons (Fsp3) is 0.300. The van der Waals surface area contributed by atoms with Gasteiger partial charge >= 0.3 is 0 Å². The van der Waals surface area contributed by atoms with Crippen LogP contribution in [0.4, 0.5) is 0 Å². The number of benzene rings is 1. The van der Waals surface area contributed by atoms with E-state index in [9.17, 15) is 4.79 Å². The zero-order valence-electron chi connectivity index (χ0n) is 7.37. The summed E-state index contributed by atoms with van der Waals surface area (Å²) in [5.41, 5.74) is 0.684. The van der Waals surface area contributed by atoms with Crippen molar-refractivity contribution < 1.29 is 4.79 Å². The molecule has 0 aliphatic heterocycles. The molecule has 1 aromatic rings. The zero-order chi connectivity index (χ0) is 9.68. The maximum Gasteiger partial charge on any atom is 0.190 e. The third-order valence-corrected chi connectivity index (χ3v) is 2.99. The van der Waals surface area contributed by atoms with Crippen LogP contribution in [-0.4, -0.2) is 16.2 Å². The molecule has 3 heteroatoms. The molecule has 0 aliphatic carbocycles. The normalized spacial score (nSPS) is 12.5. The molecule has 13 heavy (non-hydrogen) atoms. The highest BCUT2D eigenvalue weighted by Crippen LogP contribution is 2.19. The number of hydrogen-bond donors (Lipinski definition) is 0. The SMILES string of the molecule is CCS[C@H](Cl)C(=O)c1ccccc1. The van der Waals surface area contributed by atoms with Crippen LogP contribution in [0.1, 0.15) is 17.3 Å². The van der Waals surface area contributed by atoms with Crippen LogP contribution < -0.4 is 0 Å². The Kier molecular flexibility index (Phi) is 4.33. The van der Waals surface area contributed by atoms with Gasteiger partial charge in [-0.05, 0) is 5.75 Å². The number of ketones is 1. The predicted molar refractivity (Wildman–Crippen MR) is 58.5 cm³/mol. The summed E-state index contributed by atoms with van der Waals surface area (Å²) >= 11 is 7.33. The van der Waals surface area contributed by atoms with E-state index < -0.39 is 4.71 Å². The fourth-order valence-electron chi connectivity index (χ4n) is 0.955. The lowest BCUT2D eigenvalue weighted by Gasteiger charge is -2.05. The van der Waals surface area contributed by atoms with E-state index in [1.54, 1.807) is 12.1 Å². The summed E-state index contributed by atoms with van der Waals surface area (Å²) in [5, 5.41) is 0. The van der Waals surface area contributed by atoms with E-state index in [0.717, 1.165) is 5.75 Å². The monoisotopic (exact) mass is 214 g/mol. The molecule has 0 spiro atoms. The van der Waals surface area contributed by atoms with Crippen molar-refractivity contribution >= 4 is 29.1 Å². The van der Waals surface area contributed by atoms with Crippen LogP contribution in [0.15, 0.2) is 30.3 Å². The number of rotatable bonds is 4. The summed E-state index contributed by atoms with van der Waals surface area (Å²) in [5.74, 6) is 0.848. The van der Waals surface area contributed by atoms with Gasteiger partial charge < -0.3 is 0 Å². The van der Waals surface area contributed by atoms with Gasteiger partial charge in [0.1, 0.15) is 4.71 Å². The molecule has 1 nitrogen and oxygen atoms in total. The Hall–Kier alpha value is -0.470. The topological polar surface area (TPSA) is 17.1 Å². The molecule has 0 heterocycles. The molecule has 0 saturated heterocycles. The first-order valence-corrected chi connectivity index (χ1v) is 5.59. The summed E-state index contributed by atoms with van der Waals surface area (Å²) in [6, 6.07) is 9.13. The molecule has 1 rings (SSSR count). The Morgan fingerprint density at radius 1 is 1.46 bits per heavy atom. The number of carbonyl (C=O) groups excluding carboxylic acids is 1. The molecule has 70 valence electrons. The van der Waals surface area contributed by atoms with Gasteiger partial charge in [-0.25, -0.2) is 0 Å². The largest absolute Gasteiger partial charge is 0.292 e. The molecule has 0 saturated carbocycles. The molecule has 0 fully saturated rings. The van der Waals surface area contributed by atoms with E-state index in [4.69, 9.17) is 11.6 Å². The van der Waals surface area contributed by atoms with Gasteiger partial charge in [0.25, 0.3) is 0 Å². The highest BCUT2D eigenvalue weighted by molar-refractivity contribution is 8.01. The molecule has 0 aliphatic rings. The van der Waals surface area contributed by atoms with Crippen LogP contribution in [0.5, 0.6) is 0 Å². The van der Waals surface area contributed by atoms with E-state index >= 15 is 0 Å². The summed E-state index contributed by atoms with van der Waals surface area (Å²) in [7, 11) is 0. The number of halogens is 1. The second-order valence-corrected chi connectivity index (χ2v) is 4.58. The van der Waals surface area contributed by atoms with Gasteiger partial charge in [0.15, 0.2) is 5.78 Å². The Labute approximate surface area is 87.5 Å². The van der Waals surface area contributed by atoms with Gasteiger partial charge in [-0.1, -0.05) is 37.3 Å². The number of alkyl halides is 1. The predicted octanol–water partition coefficient (Wildman–Crippen LogP) is 3.19. The number of Topliss-reactive ketones (excluding diaryl/α,β-unsaturated/α-hetero) is 1. The second-order valence-electron chi connectivity index (χ2n) is 2.50. The van der Waals surface area contributed by atoms with Crippen molar-refractivity contribution in [2.24, 2.45) is 0 Å². The lowest BCUT2D eigenvalue weighted by atomic mass is 10.1. The average Bonchev–Trinajstić information content (AvgIpc) is 2.18. The maximum absolute atomic E-state index is 11.6. The molecule has 0 unspecified atom stereocenters. The first-order valence-electron chi connectivity index (χ1n) is 4.10. The van der Waals surface area contributed by atoms with Gasteiger partial charge in [-0.2, -0.15) is 0 Å². The van der Waals surface area contributed by atoms with Crippen molar-refractivity contribution in [1.29, 1.82) is 0 Å². The summed E-state index contributed by atoms with van der Waals surface area (Å²) in [6.45, 7) is 1.98. The van der Waals surface area contributed by atoms with Crippen LogP contribution >= 0.6 is 23.4 Å². The summed E-state index contributed by atoms with van der Waals surface area (Å²) in [4.78, 5) is 11.6. The average molecular weight is 215 g/mol. The van der Waals surface area contributed by atoms with Gasteiger partial charge in [0.2, 0.25) is 0 Å². The Morgan fingerprint density at radius 3 is 2.62 bits per heavy atom. The zero-order valence-corrected chi connectivity index (χ0v) is 8.94.